The van der Waals surface area contributed by atoms with Gasteiger partial charge in [-0.1, -0.05) is 78.9 Å². The van der Waals surface area contributed by atoms with Crippen LogP contribution in [-0.2, 0) is 12.0 Å². The maximum atomic E-state index is 11.9. The second-order valence-corrected chi connectivity index (χ2v) is 8.15. The van der Waals surface area contributed by atoms with Crippen molar-refractivity contribution < 1.29 is 9.84 Å². The lowest BCUT2D eigenvalue weighted by Crippen LogP contribution is -2.56. The van der Waals surface area contributed by atoms with Gasteiger partial charge in [-0.25, -0.2) is 0 Å². The summed E-state index contributed by atoms with van der Waals surface area (Å²) in [6, 6.07) is 30.8. The SMILES string of the molecule is Cl.OC1(c2ccccc2)CCCN(CCCOc2ccccc2)C1Cc1ccccc1. The van der Waals surface area contributed by atoms with E-state index in [4.69, 9.17) is 4.74 Å². The molecule has 1 aliphatic heterocycles. The number of rotatable bonds is 8. The Hall–Kier alpha value is -2.33. The maximum absolute atomic E-state index is 11.9. The number of aliphatic hydroxyl groups is 1. The number of para-hydroxylation sites is 1. The van der Waals surface area contributed by atoms with E-state index in [-0.39, 0.29) is 18.4 Å². The van der Waals surface area contributed by atoms with Crippen LogP contribution in [0.4, 0.5) is 0 Å². The normalized spacial score (nSPS) is 21.3. The van der Waals surface area contributed by atoms with E-state index < -0.39 is 5.60 Å². The first-order valence-electron chi connectivity index (χ1n) is 11.0. The quantitative estimate of drug-likeness (QED) is 0.474. The molecule has 3 aromatic carbocycles. The molecule has 1 heterocycles. The van der Waals surface area contributed by atoms with E-state index in [1.807, 2.05) is 54.6 Å². The largest absolute Gasteiger partial charge is 0.494 e. The van der Waals surface area contributed by atoms with Gasteiger partial charge >= 0.3 is 0 Å². The fraction of sp³-hybridized carbons (Fsp3) is 0.333. The Bertz CT molecular complexity index is 891. The van der Waals surface area contributed by atoms with Crippen molar-refractivity contribution in [2.45, 2.75) is 37.3 Å². The zero-order chi connectivity index (χ0) is 20.7. The third kappa shape index (κ3) is 5.88. The van der Waals surface area contributed by atoms with Crippen LogP contribution in [0.3, 0.4) is 0 Å². The first-order valence-corrected chi connectivity index (χ1v) is 11.0. The highest BCUT2D eigenvalue weighted by Gasteiger charge is 2.44. The molecule has 3 aromatic rings. The average Bonchev–Trinajstić information content (AvgIpc) is 2.81. The molecule has 1 saturated heterocycles. The predicted octanol–water partition coefficient (Wildman–Crippen LogP) is 5.47. The minimum absolute atomic E-state index is 0. The Kier molecular flexibility index (Phi) is 8.53. The Balaban J connectivity index is 0.00000272. The first-order chi connectivity index (χ1) is 14.8. The molecule has 0 aromatic heterocycles. The average molecular weight is 438 g/mol. The summed E-state index contributed by atoms with van der Waals surface area (Å²) in [5.41, 5.74) is 1.45. The second kappa shape index (κ2) is 11.3. The van der Waals surface area contributed by atoms with Crippen LogP contribution >= 0.6 is 12.4 Å². The Morgan fingerprint density at radius 2 is 1.48 bits per heavy atom. The van der Waals surface area contributed by atoms with Crippen molar-refractivity contribution in [1.82, 2.24) is 4.90 Å². The van der Waals surface area contributed by atoms with E-state index in [9.17, 15) is 5.11 Å². The molecule has 0 radical (unpaired) electrons. The number of likely N-dealkylation sites (tertiary alicyclic amines) is 1. The molecule has 4 rings (SSSR count). The molecule has 0 bridgehead atoms. The van der Waals surface area contributed by atoms with Gasteiger partial charge in [0.1, 0.15) is 11.4 Å². The van der Waals surface area contributed by atoms with Crippen molar-refractivity contribution in [2.75, 3.05) is 19.7 Å². The van der Waals surface area contributed by atoms with Crippen LogP contribution in [0.25, 0.3) is 0 Å². The zero-order valence-corrected chi connectivity index (χ0v) is 18.7. The molecular weight excluding hydrogens is 406 g/mol. The minimum atomic E-state index is -0.838. The molecule has 1 fully saturated rings. The first kappa shape index (κ1) is 23.3. The number of hydrogen-bond donors (Lipinski definition) is 1. The number of benzene rings is 3. The van der Waals surface area contributed by atoms with Crippen molar-refractivity contribution in [2.24, 2.45) is 0 Å². The van der Waals surface area contributed by atoms with E-state index in [2.05, 4.69) is 41.3 Å². The van der Waals surface area contributed by atoms with Gasteiger partial charge in [0, 0.05) is 12.6 Å². The van der Waals surface area contributed by atoms with Crippen LogP contribution < -0.4 is 4.74 Å². The van der Waals surface area contributed by atoms with Crippen LogP contribution in [0.15, 0.2) is 91.0 Å². The second-order valence-electron chi connectivity index (χ2n) is 8.15. The van der Waals surface area contributed by atoms with Crippen LogP contribution in [0.1, 0.15) is 30.4 Å². The molecule has 2 atom stereocenters. The number of halogens is 1. The van der Waals surface area contributed by atoms with Gasteiger partial charge in [-0.15, -0.1) is 12.4 Å². The summed E-state index contributed by atoms with van der Waals surface area (Å²) < 4.78 is 5.90. The van der Waals surface area contributed by atoms with Crippen LogP contribution in [-0.4, -0.2) is 35.7 Å². The summed E-state index contributed by atoms with van der Waals surface area (Å²) in [4.78, 5) is 2.47. The molecule has 2 unspecified atom stereocenters. The summed E-state index contributed by atoms with van der Waals surface area (Å²) in [6.45, 7) is 2.61. The van der Waals surface area contributed by atoms with Crippen LogP contribution in [0, 0.1) is 0 Å². The number of piperidine rings is 1. The number of hydrogen-bond acceptors (Lipinski definition) is 3. The highest BCUT2D eigenvalue weighted by molar-refractivity contribution is 5.85. The summed E-state index contributed by atoms with van der Waals surface area (Å²) in [5.74, 6) is 0.915. The molecule has 0 saturated carbocycles. The Morgan fingerprint density at radius 1 is 0.871 bits per heavy atom. The van der Waals surface area contributed by atoms with E-state index in [1.54, 1.807) is 0 Å². The van der Waals surface area contributed by atoms with Crippen molar-refractivity contribution in [3.05, 3.63) is 102 Å². The summed E-state index contributed by atoms with van der Waals surface area (Å²) in [7, 11) is 0. The van der Waals surface area contributed by atoms with Gasteiger partial charge in [0.2, 0.25) is 0 Å². The van der Waals surface area contributed by atoms with Crippen LogP contribution in [0.5, 0.6) is 5.75 Å². The third-order valence-corrected chi connectivity index (χ3v) is 6.14. The molecule has 0 amide bonds. The fourth-order valence-corrected chi connectivity index (χ4v) is 4.62. The van der Waals surface area contributed by atoms with E-state index in [0.717, 1.165) is 50.1 Å². The van der Waals surface area contributed by atoms with E-state index in [0.29, 0.717) is 6.61 Å². The smallest absolute Gasteiger partial charge is 0.119 e. The van der Waals surface area contributed by atoms with Gasteiger partial charge < -0.3 is 9.84 Å². The topological polar surface area (TPSA) is 32.7 Å². The van der Waals surface area contributed by atoms with Gasteiger partial charge in [0.05, 0.1) is 6.61 Å². The third-order valence-electron chi connectivity index (χ3n) is 6.14. The number of ether oxygens (including phenoxy) is 1. The van der Waals surface area contributed by atoms with Gasteiger partial charge in [-0.3, -0.25) is 4.90 Å². The standard InChI is InChI=1S/C27H31NO2.ClH/c29-27(24-14-6-2-7-15-24)18-10-19-28(26(27)22-23-12-4-1-5-13-23)20-11-21-30-25-16-8-3-9-17-25;/h1-9,12-17,26,29H,10-11,18-22H2;1H. The minimum Gasteiger partial charge on any atom is -0.494 e. The fourth-order valence-electron chi connectivity index (χ4n) is 4.62. The van der Waals surface area contributed by atoms with Crippen molar-refractivity contribution >= 4 is 12.4 Å². The number of nitrogens with zero attached hydrogens (tertiary/aromatic N) is 1. The predicted molar refractivity (Wildman–Crippen MR) is 129 cm³/mol. The summed E-state index contributed by atoms with van der Waals surface area (Å²) >= 11 is 0. The maximum Gasteiger partial charge on any atom is 0.119 e. The highest BCUT2D eigenvalue weighted by Crippen LogP contribution is 2.38. The Labute approximate surface area is 192 Å². The molecule has 164 valence electrons. The van der Waals surface area contributed by atoms with Gasteiger partial charge in [-0.2, -0.15) is 0 Å². The van der Waals surface area contributed by atoms with Crippen molar-refractivity contribution in [1.29, 1.82) is 0 Å². The van der Waals surface area contributed by atoms with Crippen LogP contribution in [0.2, 0.25) is 0 Å². The molecule has 4 heteroatoms. The van der Waals surface area contributed by atoms with Gasteiger partial charge in [-0.05, 0) is 55.5 Å². The van der Waals surface area contributed by atoms with Gasteiger partial charge in [0.15, 0.2) is 0 Å². The summed E-state index contributed by atoms with van der Waals surface area (Å²) in [5, 5.41) is 11.9. The highest BCUT2D eigenvalue weighted by atomic mass is 35.5. The molecule has 0 spiro atoms. The Morgan fingerprint density at radius 3 is 2.16 bits per heavy atom. The van der Waals surface area contributed by atoms with Crippen molar-refractivity contribution in [3.8, 4) is 5.75 Å². The molecular formula is C27H32ClNO2. The lowest BCUT2D eigenvalue weighted by Gasteiger charge is -2.47. The molecule has 0 aliphatic carbocycles. The zero-order valence-electron chi connectivity index (χ0n) is 17.9. The van der Waals surface area contributed by atoms with Crippen molar-refractivity contribution in [3.63, 3.8) is 0 Å². The molecule has 3 nitrogen and oxygen atoms in total. The monoisotopic (exact) mass is 437 g/mol. The molecule has 1 N–H and O–H groups in total. The molecule has 31 heavy (non-hydrogen) atoms. The van der Waals surface area contributed by atoms with E-state index >= 15 is 0 Å². The molecule has 1 aliphatic rings. The lowest BCUT2D eigenvalue weighted by molar-refractivity contribution is -0.0874. The van der Waals surface area contributed by atoms with Gasteiger partial charge in [0.25, 0.3) is 0 Å². The van der Waals surface area contributed by atoms with E-state index in [1.165, 1.54) is 5.56 Å². The lowest BCUT2D eigenvalue weighted by atomic mass is 9.76. The summed E-state index contributed by atoms with van der Waals surface area (Å²) in [6.07, 6.45) is 3.57.